The van der Waals surface area contributed by atoms with Gasteiger partial charge in [-0.1, -0.05) is 35.7 Å². The van der Waals surface area contributed by atoms with Crippen molar-refractivity contribution in [1.82, 2.24) is 15.1 Å². The molecule has 9 heteroatoms. The van der Waals surface area contributed by atoms with Crippen LogP contribution in [0.4, 0.5) is 11.4 Å². The first-order chi connectivity index (χ1) is 18.5. The van der Waals surface area contributed by atoms with E-state index in [4.69, 9.17) is 28.2 Å². The Balaban J connectivity index is 1.39. The van der Waals surface area contributed by atoms with E-state index in [1.165, 1.54) is 31.4 Å². The van der Waals surface area contributed by atoms with Gasteiger partial charge in [0.05, 0.1) is 12.2 Å². The Hall–Kier alpha value is -1.77. The van der Waals surface area contributed by atoms with Gasteiger partial charge in [-0.15, -0.1) is 0 Å². The number of carbonyl (C=O) groups is 1. The van der Waals surface area contributed by atoms with Crippen LogP contribution in [0.1, 0.15) is 37.7 Å². The van der Waals surface area contributed by atoms with Gasteiger partial charge < -0.3 is 15.5 Å². The molecule has 1 amide bonds. The molecule has 206 valence electrons. The van der Waals surface area contributed by atoms with Crippen LogP contribution in [0.5, 0.6) is 0 Å². The predicted octanol–water partition coefficient (Wildman–Crippen LogP) is 6.11. The third-order valence-electron chi connectivity index (χ3n) is 7.15. The highest BCUT2D eigenvalue weighted by atomic mass is 35.5. The molecule has 0 unspecified atom stereocenters. The van der Waals surface area contributed by atoms with Crippen molar-refractivity contribution < 1.29 is 4.79 Å². The summed E-state index contributed by atoms with van der Waals surface area (Å²) in [6.07, 6.45) is 8.12. The minimum absolute atomic E-state index is 0.0462. The number of rotatable bonds is 10. The average molecular weight is 577 g/mol. The van der Waals surface area contributed by atoms with E-state index in [9.17, 15) is 4.79 Å². The number of carbonyl (C=O) groups excluding carboxylic acids is 1. The molecule has 1 atom stereocenters. The molecule has 0 aromatic heterocycles. The Kier molecular flexibility index (Phi) is 11.6. The molecule has 2 aliphatic heterocycles. The molecular weight excluding hydrogens is 537 g/mol. The highest BCUT2D eigenvalue weighted by Gasteiger charge is 2.24. The molecule has 0 bridgehead atoms. The Morgan fingerprint density at radius 3 is 2.63 bits per heavy atom. The number of halogens is 2. The second-order valence-electron chi connectivity index (χ2n) is 10.1. The summed E-state index contributed by atoms with van der Waals surface area (Å²) < 4.78 is 0. The number of amides is 1. The predicted molar refractivity (Wildman–Crippen MR) is 164 cm³/mol. The molecule has 2 heterocycles. The van der Waals surface area contributed by atoms with E-state index >= 15 is 0 Å². The number of thioether (sulfide) groups is 1. The zero-order valence-electron chi connectivity index (χ0n) is 22.2. The van der Waals surface area contributed by atoms with Gasteiger partial charge in [0.25, 0.3) is 0 Å². The van der Waals surface area contributed by atoms with Crippen molar-refractivity contribution in [3.63, 3.8) is 0 Å². The number of aliphatic imine (C=N–C) groups is 1. The molecule has 2 N–H and O–H groups in total. The summed E-state index contributed by atoms with van der Waals surface area (Å²) in [4.78, 5) is 22.7. The number of likely N-dealkylation sites (tertiary alicyclic amines) is 1. The summed E-state index contributed by atoms with van der Waals surface area (Å²) in [5.41, 5.74) is 2.61. The standard InChI is InChI=1S/C29H39Cl2N5OS/c1-38-18-13-26-20-36(17-14-32-26)28(21-35-15-3-2-4-16-35)33-24-8-10-25(11-9-24)34-29(37)12-6-22-5-7-23(30)19-27(22)31/h5,7-11,19,26,32H,2-4,6,12-18,20-21H2,1H3,(H,34,37)/t26-/m0/s1. The molecule has 0 aliphatic carbocycles. The minimum atomic E-state index is -0.0462. The van der Waals surface area contributed by atoms with E-state index in [1.807, 2.05) is 42.1 Å². The van der Waals surface area contributed by atoms with Crippen LogP contribution in [0, 0.1) is 0 Å². The van der Waals surface area contributed by atoms with Crippen LogP contribution in [-0.4, -0.2) is 78.9 Å². The highest BCUT2D eigenvalue weighted by molar-refractivity contribution is 7.98. The number of aryl methyl sites for hydroxylation is 1. The Morgan fingerprint density at radius 2 is 1.89 bits per heavy atom. The summed E-state index contributed by atoms with van der Waals surface area (Å²) in [6, 6.07) is 13.7. The van der Waals surface area contributed by atoms with Crippen molar-refractivity contribution in [1.29, 1.82) is 0 Å². The van der Waals surface area contributed by atoms with Crippen LogP contribution in [0.25, 0.3) is 0 Å². The maximum Gasteiger partial charge on any atom is 0.224 e. The van der Waals surface area contributed by atoms with Crippen LogP contribution in [0.15, 0.2) is 47.5 Å². The largest absolute Gasteiger partial charge is 0.356 e. The van der Waals surface area contributed by atoms with Crippen LogP contribution < -0.4 is 10.6 Å². The number of hydrogen-bond acceptors (Lipinski definition) is 5. The maximum atomic E-state index is 12.5. The van der Waals surface area contributed by atoms with Gasteiger partial charge >= 0.3 is 0 Å². The lowest BCUT2D eigenvalue weighted by Gasteiger charge is -2.38. The van der Waals surface area contributed by atoms with Crippen LogP contribution in [0.3, 0.4) is 0 Å². The fourth-order valence-electron chi connectivity index (χ4n) is 5.00. The third kappa shape index (κ3) is 9.16. The molecule has 6 nitrogen and oxygen atoms in total. The third-order valence-corrected chi connectivity index (χ3v) is 8.38. The number of piperidine rings is 1. The number of amidine groups is 1. The van der Waals surface area contributed by atoms with Crippen molar-refractivity contribution in [2.45, 2.75) is 44.6 Å². The Bertz CT molecular complexity index is 1080. The first kappa shape index (κ1) is 29.2. The normalized spacial score (nSPS) is 19.0. The lowest BCUT2D eigenvalue weighted by Crippen LogP contribution is -2.55. The van der Waals surface area contributed by atoms with Crippen molar-refractivity contribution in [3.8, 4) is 0 Å². The van der Waals surface area contributed by atoms with Crippen molar-refractivity contribution in [3.05, 3.63) is 58.1 Å². The number of nitrogens with one attached hydrogen (secondary N) is 2. The van der Waals surface area contributed by atoms with E-state index in [-0.39, 0.29) is 5.91 Å². The van der Waals surface area contributed by atoms with Gasteiger partial charge in [0.2, 0.25) is 5.91 Å². The van der Waals surface area contributed by atoms with E-state index in [0.717, 1.165) is 62.0 Å². The average Bonchev–Trinajstić information content (AvgIpc) is 2.93. The van der Waals surface area contributed by atoms with E-state index in [2.05, 4.69) is 26.7 Å². The lowest BCUT2D eigenvalue weighted by molar-refractivity contribution is -0.116. The highest BCUT2D eigenvalue weighted by Crippen LogP contribution is 2.23. The van der Waals surface area contributed by atoms with Gasteiger partial charge in [0, 0.05) is 47.8 Å². The first-order valence-electron chi connectivity index (χ1n) is 13.6. The van der Waals surface area contributed by atoms with Gasteiger partial charge in [-0.05, 0) is 92.7 Å². The van der Waals surface area contributed by atoms with Gasteiger partial charge in [0.1, 0.15) is 5.84 Å². The minimum Gasteiger partial charge on any atom is -0.356 e. The molecule has 0 radical (unpaired) electrons. The van der Waals surface area contributed by atoms with Crippen LogP contribution >= 0.6 is 35.0 Å². The fraction of sp³-hybridized carbons (Fsp3) is 0.517. The number of benzene rings is 2. The molecule has 2 aromatic carbocycles. The molecule has 2 aromatic rings. The SMILES string of the molecule is CSCC[C@H]1CN(C(CN2CCCCC2)=Nc2ccc(NC(=O)CCc3ccc(Cl)cc3Cl)cc2)CCN1. The van der Waals surface area contributed by atoms with E-state index in [0.29, 0.717) is 28.9 Å². The number of hydrogen-bond donors (Lipinski definition) is 2. The Labute approximate surface area is 241 Å². The molecular formula is C29H39Cl2N5OS. The molecule has 2 aliphatic rings. The summed E-state index contributed by atoms with van der Waals surface area (Å²) >= 11 is 14.1. The smallest absolute Gasteiger partial charge is 0.224 e. The van der Waals surface area contributed by atoms with Crippen molar-refractivity contribution in [2.24, 2.45) is 4.99 Å². The van der Waals surface area contributed by atoms with Gasteiger partial charge in [0.15, 0.2) is 0 Å². The topological polar surface area (TPSA) is 60.0 Å². The van der Waals surface area contributed by atoms with Crippen LogP contribution in [-0.2, 0) is 11.2 Å². The summed E-state index contributed by atoms with van der Waals surface area (Å²) in [7, 11) is 0. The summed E-state index contributed by atoms with van der Waals surface area (Å²) in [5, 5.41) is 7.86. The molecule has 2 fully saturated rings. The fourth-order valence-corrected chi connectivity index (χ4v) is 6.02. The zero-order valence-corrected chi connectivity index (χ0v) is 24.6. The second kappa shape index (κ2) is 15.1. The molecule has 0 saturated carbocycles. The van der Waals surface area contributed by atoms with Gasteiger partial charge in [-0.3, -0.25) is 9.69 Å². The molecule has 38 heavy (non-hydrogen) atoms. The van der Waals surface area contributed by atoms with E-state index in [1.54, 1.807) is 12.1 Å². The summed E-state index contributed by atoms with van der Waals surface area (Å²) in [6.45, 7) is 6.15. The summed E-state index contributed by atoms with van der Waals surface area (Å²) in [5.74, 6) is 2.28. The number of anilines is 1. The molecule has 2 saturated heterocycles. The molecule has 0 spiro atoms. The maximum absolute atomic E-state index is 12.5. The second-order valence-corrected chi connectivity index (χ2v) is 11.9. The van der Waals surface area contributed by atoms with Crippen molar-refractivity contribution in [2.75, 3.05) is 56.6 Å². The lowest BCUT2D eigenvalue weighted by atomic mass is 10.1. The van der Waals surface area contributed by atoms with Gasteiger partial charge in [-0.25, -0.2) is 4.99 Å². The quantitative estimate of drug-likeness (QED) is 0.264. The number of nitrogens with zero attached hydrogens (tertiary/aromatic N) is 3. The Morgan fingerprint density at radius 1 is 1.11 bits per heavy atom. The zero-order chi connectivity index (χ0) is 26.7. The van der Waals surface area contributed by atoms with Crippen LogP contribution in [0.2, 0.25) is 10.0 Å². The monoisotopic (exact) mass is 575 g/mol. The van der Waals surface area contributed by atoms with Gasteiger partial charge in [-0.2, -0.15) is 11.8 Å². The number of piperazine rings is 1. The molecule has 4 rings (SSSR count). The first-order valence-corrected chi connectivity index (χ1v) is 15.8. The van der Waals surface area contributed by atoms with E-state index < -0.39 is 0 Å². The van der Waals surface area contributed by atoms with Crippen molar-refractivity contribution >= 4 is 58.1 Å².